The fraction of sp³-hybridized carbons (Fsp3) is 0.250. The average molecular weight is 424 g/mol. The molecule has 2 N–H and O–H groups in total. The molecular weight excluding hydrogens is 404 g/mol. The summed E-state index contributed by atoms with van der Waals surface area (Å²) in [6.07, 6.45) is 1.28. The molecule has 1 saturated heterocycles. The van der Waals surface area contributed by atoms with Crippen LogP contribution in [0.2, 0.25) is 0 Å². The van der Waals surface area contributed by atoms with Gasteiger partial charge >= 0.3 is 6.09 Å². The lowest BCUT2D eigenvalue weighted by atomic mass is 10.2. The second kappa shape index (κ2) is 8.07. The van der Waals surface area contributed by atoms with Crippen LogP contribution in [0.4, 0.5) is 27.2 Å². The van der Waals surface area contributed by atoms with E-state index in [9.17, 15) is 9.59 Å². The van der Waals surface area contributed by atoms with Crippen molar-refractivity contribution in [2.75, 3.05) is 22.1 Å². The van der Waals surface area contributed by atoms with Crippen molar-refractivity contribution in [2.45, 2.75) is 26.8 Å². The van der Waals surface area contributed by atoms with Gasteiger partial charge in [0.25, 0.3) is 0 Å². The summed E-state index contributed by atoms with van der Waals surface area (Å²) in [6.45, 7) is 5.61. The van der Waals surface area contributed by atoms with Gasteiger partial charge in [0, 0.05) is 24.5 Å². The van der Waals surface area contributed by atoms with Gasteiger partial charge in [-0.25, -0.2) is 24.6 Å². The second-order valence-electron chi connectivity index (χ2n) is 6.86. The summed E-state index contributed by atoms with van der Waals surface area (Å²) in [5.74, 6) is 0.272. The maximum Gasteiger partial charge on any atom is 0.416 e. The van der Waals surface area contributed by atoms with E-state index in [0.717, 1.165) is 16.3 Å². The lowest BCUT2D eigenvalue weighted by Gasteiger charge is -2.13. The third-order valence-electron chi connectivity index (χ3n) is 4.40. The Morgan fingerprint density at radius 1 is 1.27 bits per heavy atom. The molecule has 0 aliphatic carbocycles. The van der Waals surface area contributed by atoms with Crippen molar-refractivity contribution in [1.29, 1.82) is 0 Å². The van der Waals surface area contributed by atoms with Gasteiger partial charge in [-0.15, -0.1) is 0 Å². The minimum Gasteiger partial charge on any atom is -0.447 e. The molecule has 1 unspecified atom stereocenters. The summed E-state index contributed by atoms with van der Waals surface area (Å²) in [6, 6.07) is 9.03. The van der Waals surface area contributed by atoms with Crippen LogP contribution in [-0.2, 0) is 9.53 Å². The SMILES string of the molecule is CC(=O)Nc1cccc(Nc2nccc(-c3sc(N4C(=O)OCC4C)nc3C)n2)c1. The van der Waals surface area contributed by atoms with Crippen LogP contribution in [0.15, 0.2) is 36.5 Å². The van der Waals surface area contributed by atoms with Crippen LogP contribution in [0.5, 0.6) is 0 Å². The Labute approximate surface area is 177 Å². The molecule has 30 heavy (non-hydrogen) atoms. The molecule has 0 spiro atoms. The number of nitrogens with zero attached hydrogens (tertiary/aromatic N) is 4. The zero-order valence-electron chi connectivity index (χ0n) is 16.7. The van der Waals surface area contributed by atoms with Gasteiger partial charge in [0.2, 0.25) is 11.9 Å². The van der Waals surface area contributed by atoms with E-state index in [1.807, 2.05) is 26.0 Å². The number of cyclic esters (lactones) is 1. The smallest absolute Gasteiger partial charge is 0.416 e. The first-order valence-corrected chi connectivity index (χ1v) is 10.1. The topological polar surface area (TPSA) is 109 Å². The number of hydrogen-bond donors (Lipinski definition) is 2. The zero-order valence-corrected chi connectivity index (χ0v) is 17.5. The summed E-state index contributed by atoms with van der Waals surface area (Å²) < 4.78 is 5.10. The number of thiazole rings is 1. The fourth-order valence-electron chi connectivity index (χ4n) is 3.06. The average Bonchev–Trinajstić information content (AvgIpc) is 3.23. The molecule has 0 saturated carbocycles. The summed E-state index contributed by atoms with van der Waals surface area (Å²) >= 11 is 1.39. The first kappa shape index (κ1) is 19.8. The highest BCUT2D eigenvalue weighted by molar-refractivity contribution is 7.19. The van der Waals surface area contributed by atoms with Gasteiger partial charge in [-0.3, -0.25) is 4.79 Å². The predicted molar refractivity (Wildman–Crippen MR) is 115 cm³/mol. The Balaban J connectivity index is 1.58. The van der Waals surface area contributed by atoms with Crippen molar-refractivity contribution in [3.05, 3.63) is 42.2 Å². The van der Waals surface area contributed by atoms with Crippen molar-refractivity contribution >= 4 is 45.8 Å². The van der Waals surface area contributed by atoms with Crippen LogP contribution >= 0.6 is 11.3 Å². The van der Waals surface area contributed by atoms with Gasteiger partial charge in [0.05, 0.1) is 22.3 Å². The lowest BCUT2D eigenvalue weighted by molar-refractivity contribution is -0.114. The van der Waals surface area contributed by atoms with Crippen LogP contribution in [-0.4, -0.2) is 39.6 Å². The Hall–Kier alpha value is -3.53. The molecule has 3 aromatic rings. The molecule has 10 heteroatoms. The number of amides is 2. The highest BCUT2D eigenvalue weighted by Gasteiger charge is 2.33. The van der Waals surface area contributed by atoms with Crippen molar-refractivity contribution in [3.8, 4) is 10.6 Å². The van der Waals surface area contributed by atoms with Gasteiger partial charge in [-0.2, -0.15) is 0 Å². The summed E-state index contributed by atoms with van der Waals surface area (Å²) in [5.41, 5.74) is 2.90. The summed E-state index contributed by atoms with van der Waals surface area (Å²) in [5, 5.41) is 6.48. The van der Waals surface area contributed by atoms with Crippen molar-refractivity contribution in [1.82, 2.24) is 15.0 Å². The van der Waals surface area contributed by atoms with Crippen molar-refractivity contribution < 1.29 is 14.3 Å². The highest BCUT2D eigenvalue weighted by Crippen LogP contribution is 2.36. The van der Waals surface area contributed by atoms with Crippen molar-refractivity contribution in [3.63, 3.8) is 0 Å². The number of carbonyl (C=O) groups excluding carboxylic acids is 2. The fourth-order valence-corrected chi connectivity index (χ4v) is 4.19. The minimum absolute atomic E-state index is 0.0607. The summed E-state index contributed by atoms with van der Waals surface area (Å²) in [4.78, 5) is 39.1. The molecule has 0 radical (unpaired) electrons. The van der Waals surface area contributed by atoms with E-state index < -0.39 is 0 Å². The van der Waals surface area contributed by atoms with E-state index in [0.29, 0.717) is 29.1 Å². The van der Waals surface area contributed by atoms with E-state index in [2.05, 4.69) is 25.6 Å². The number of rotatable bonds is 5. The van der Waals surface area contributed by atoms with E-state index in [1.165, 1.54) is 18.3 Å². The molecule has 1 aromatic carbocycles. The molecule has 4 rings (SSSR count). The molecule has 154 valence electrons. The summed E-state index contributed by atoms with van der Waals surface area (Å²) in [7, 11) is 0. The van der Waals surface area contributed by atoms with E-state index in [-0.39, 0.29) is 18.0 Å². The van der Waals surface area contributed by atoms with Crippen LogP contribution in [0.1, 0.15) is 19.5 Å². The standard InChI is InChI=1S/C20H20N6O3S/c1-11-10-29-20(28)26(11)19-22-12(2)17(30-19)16-7-8-21-18(25-16)24-15-6-4-5-14(9-15)23-13(3)27/h4-9,11H,10H2,1-3H3,(H,23,27)(H,21,24,25). The van der Waals surface area contributed by atoms with E-state index in [1.54, 1.807) is 29.3 Å². The van der Waals surface area contributed by atoms with Crippen LogP contribution < -0.4 is 15.5 Å². The number of benzene rings is 1. The molecule has 2 amide bonds. The third-order valence-corrected chi connectivity index (χ3v) is 5.58. The maximum atomic E-state index is 12.0. The zero-order chi connectivity index (χ0) is 21.3. The largest absolute Gasteiger partial charge is 0.447 e. The van der Waals surface area contributed by atoms with Gasteiger partial charge < -0.3 is 15.4 Å². The molecule has 2 aromatic heterocycles. The predicted octanol–water partition coefficient (Wildman–Crippen LogP) is 3.96. The number of aryl methyl sites for hydroxylation is 1. The number of nitrogens with one attached hydrogen (secondary N) is 2. The van der Waals surface area contributed by atoms with E-state index in [4.69, 9.17) is 4.74 Å². The number of ether oxygens (including phenoxy) is 1. The Kier molecular flexibility index (Phi) is 5.32. The molecule has 3 heterocycles. The van der Waals surface area contributed by atoms with Gasteiger partial charge in [0.15, 0.2) is 5.13 Å². The maximum absolute atomic E-state index is 12.0. The van der Waals surface area contributed by atoms with Gasteiger partial charge in [-0.1, -0.05) is 17.4 Å². The number of hydrogen-bond acceptors (Lipinski definition) is 8. The third kappa shape index (κ3) is 4.08. The van der Waals surface area contributed by atoms with Crippen molar-refractivity contribution in [2.24, 2.45) is 0 Å². The quantitative estimate of drug-likeness (QED) is 0.638. The van der Waals surface area contributed by atoms with Crippen LogP contribution in [0.25, 0.3) is 10.6 Å². The number of carbonyl (C=O) groups is 2. The molecule has 0 bridgehead atoms. The molecule has 1 atom stereocenters. The second-order valence-corrected chi connectivity index (χ2v) is 7.84. The first-order chi connectivity index (χ1) is 14.4. The van der Waals surface area contributed by atoms with Gasteiger partial charge in [-0.05, 0) is 38.1 Å². The molecule has 1 aliphatic rings. The lowest BCUT2D eigenvalue weighted by Crippen LogP contribution is -2.30. The monoisotopic (exact) mass is 424 g/mol. The number of aromatic nitrogens is 3. The van der Waals surface area contributed by atoms with E-state index >= 15 is 0 Å². The minimum atomic E-state index is -0.383. The number of anilines is 4. The molecule has 1 aliphatic heterocycles. The Bertz CT molecular complexity index is 1120. The Morgan fingerprint density at radius 2 is 2.07 bits per heavy atom. The Morgan fingerprint density at radius 3 is 2.80 bits per heavy atom. The molecular formula is C20H20N6O3S. The normalized spacial score (nSPS) is 15.8. The first-order valence-electron chi connectivity index (χ1n) is 9.32. The van der Waals surface area contributed by atoms with Crippen LogP contribution in [0.3, 0.4) is 0 Å². The molecule has 1 fully saturated rings. The molecule has 9 nitrogen and oxygen atoms in total. The van der Waals surface area contributed by atoms with Crippen LogP contribution in [0, 0.1) is 6.92 Å². The van der Waals surface area contributed by atoms with Gasteiger partial charge in [0.1, 0.15) is 6.61 Å². The highest BCUT2D eigenvalue weighted by atomic mass is 32.1.